The first-order valence-electron chi connectivity index (χ1n) is 9.62. The number of ketones is 1. The van der Waals surface area contributed by atoms with Gasteiger partial charge in [-0.25, -0.2) is 0 Å². The van der Waals surface area contributed by atoms with Crippen LogP contribution >= 0.6 is 0 Å². The fourth-order valence-corrected chi connectivity index (χ4v) is 3.86. The number of Topliss-reactive ketones (excluding diaryl/α,β-unsaturated/α-hetero) is 1. The van der Waals surface area contributed by atoms with Gasteiger partial charge in [0.15, 0.2) is 17.3 Å². The monoisotopic (exact) mass is 358 g/mol. The van der Waals surface area contributed by atoms with Crippen LogP contribution in [0.3, 0.4) is 0 Å². The molecule has 0 N–H and O–H groups in total. The summed E-state index contributed by atoms with van der Waals surface area (Å²) in [6.45, 7) is 5.30. The Hall–Kier alpha value is -2.08. The summed E-state index contributed by atoms with van der Waals surface area (Å²) in [4.78, 5) is 29.3. The lowest BCUT2D eigenvalue weighted by Gasteiger charge is -2.43. The van der Waals surface area contributed by atoms with E-state index in [2.05, 4.69) is 4.90 Å². The molecule has 6 heteroatoms. The number of fused-ring (bicyclic) bond motifs is 1. The summed E-state index contributed by atoms with van der Waals surface area (Å²) in [6, 6.07) is 5.95. The molecular weight excluding hydrogens is 332 g/mol. The second kappa shape index (κ2) is 7.27. The molecule has 140 valence electrons. The SMILES string of the molecule is CC1Oc2ccc(C(=O)CCC(=O)N3CCN(C4CCC4)CC3)cc2O1. The van der Waals surface area contributed by atoms with Crippen molar-refractivity contribution >= 4 is 11.7 Å². The second-order valence-corrected chi connectivity index (χ2v) is 7.39. The highest BCUT2D eigenvalue weighted by molar-refractivity contribution is 5.98. The number of carbonyl (C=O) groups excluding carboxylic acids is 2. The van der Waals surface area contributed by atoms with E-state index in [1.54, 1.807) is 18.2 Å². The minimum absolute atomic E-state index is 0.0302. The maximum Gasteiger partial charge on any atom is 0.238 e. The molecule has 4 rings (SSSR count). The Morgan fingerprint density at radius 3 is 2.46 bits per heavy atom. The molecule has 2 heterocycles. The highest BCUT2D eigenvalue weighted by Crippen LogP contribution is 2.35. The number of rotatable bonds is 5. The van der Waals surface area contributed by atoms with Gasteiger partial charge in [-0.3, -0.25) is 14.5 Å². The first kappa shape index (κ1) is 17.3. The molecule has 1 aromatic carbocycles. The molecule has 1 amide bonds. The molecule has 1 aliphatic carbocycles. The largest absolute Gasteiger partial charge is 0.451 e. The third-order valence-corrected chi connectivity index (χ3v) is 5.68. The van der Waals surface area contributed by atoms with E-state index in [1.807, 2.05) is 11.8 Å². The minimum atomic E-state index is -0.324. The number of hydrogen-bond acceptors (Lipinski definition) is 5. The minimum Gasteiger partial charge on any atom is -0.451 e. The lowest BCUT2D eigenvalue weighted by Crippen LogP contribution is -2.53. The van der Waals surface area contributed by atoms with Gasteiger partial charge in [-0.15, -0.1) is 0 Å². The molecule has 1 saturated carbocycles. The van der Waals surface area contributed by atoms with E-state index >= 15 is 0 Å². The van der Waals surface area contributed by atoms with Crippen LogP contribution in [0.5, 0.6) is 11.5 Å². The third kappa shape index (κ3) is 3.56. The Morgan fingerprint density at radius 1 is 1.04 bits per heavy atom. The van der Waals surface area contributed by atoms with E-state index in [1.165, 1.54) is 19.3 Å². The topological polar surface area (TPSA) is 59.1 Å². The lowest BCUT2D eigenvalue weighted by molar-refractivity contribution is -0.133. The number of hydrogen-bond donors (Lipinski definition) is 0. The lowest BCUT2D eigenvalue weighted by atomic mass is 9.91. The van der Waals surface area contributed by atoms with Crippen molar-refractivity contribution in [3.63, 3.8) is 0 Å². The number of piperazine rings is 1. The molecule has 0 aromatic heterocycles. The molecular formula is C20H26N2O4. The molecule has 1 unspecified atom stereocenters. The first-order valence-corrected chi connectivity index (χ1v) is 9.62. The maximum absolute atomic E-state index is 12.4. The molecule has 6 nitrogen and oxygen atoms in total. The number of benzene rings is 1. The average Bonchev–Trinajstić information content (AvgIpc) is 2.97. The van der Waals surface area contributed by atoms with Crippen LogP contribution in [-0.2, 0) is 4.79 Å². The van der Waals surface area contributed by atoms with Crippen LogP contribution in [0.25, 0.3) is 0 Å². The number of amides is 1. The Labute approximate surface area is 154 Å². The van der Waals surface area contributed by atoms with Crippen LogP contribution in [-0.4, -0.2) is 60.0 Å². The fourth-order valence-electron chi connectivity index (χ4n) is 3.86. The van der Waals surface area contributed by atoms with Gasteiger partial charge in [-0.1, -0.05) is 6.42 Å². The van der Waals surface area contributed by atoms with Crippen LogP contribution in [0.2, 0.25) is 0 Å². The van der Waals surface area contributed by atoms with Crippen molar-refractivity contribution in [2.75, 3.05) is 26.2 Å². The molecule has 2 aliphatic heterocycles. The van der Waals surface area contributed by atoms with Crippen LogP contribution in [0.15, 0.2) is 18.2 Å². The summed E-state index contributed by atoms with van der Waals surface area (Å²) < 4.78 is 11.0. The van der Waals surface area contributed by atoms with Gasteiger partial charge < -0.3 is 14.4 Å². The van der Waals surface area contributed by atoms with Crippen molar-refractivity contribution in [2.24, 2.45) is 0 Å². The van der Waals surface area contributed by atoms with Crippen LogP contribution < -0.4 is 9.47 Å². The van der Waals surface area contributed by atoms with Gasteiger partial charge >= 0.3 is 0 Å². The van der Waals surface area contributed by atoms with Crippen molar-refractivity contribution in [3.05, 3.63) is 23.8 Å². The van der Waals surface area contributed by atoms with Crippen molar-refractivity contribution in [3.8, 4) is 11.5 Å². The highest BCUT2D eigenvalue weighted by atomic mass is 16.7. The molecule has 3 aliphatic rings. The normalized spacial score (nSPS) is 23.0. The molecule has 1 atom stereocenters. The highest BCUT2D eigenvalue weighted by Gasteiger charge is 2.29. The summed E-state index contributed by atoms with van der Waals surface area (Å²) in [5.41, 5.74) is 0.573. The van der Waals surface area contributed by atoms with Gasteiger partial charge in [0.05, 0.1) is 0 Å². The first-order chi connectivity index (χ1) is 12.6. The van der Waals surface area contributed by atoms with E-state index in [-0.39, 0.29) is 30.8 Å². The van der Waals surface area contributed by atoms with E-state index in [0.717, 1.165) is 32.2 Å². The summed E-state index contributed by atoms with van der Waals surface area (Å²) >= 11 is 0. The average molecular weight is 358 g/mol. The molecule has 1 aromatic rings. The standard InChI is InChI=1S/C20H26N2O4/c1-14-25-18-7-5-15(13-19(18)26-14)17(23)6-8-20(24)22-11-9-21(10-12-22)16-3-2-4-16/h5,7,13-14,16H,2-4,6,8-12H2,1H3. The van der Waals surface area contributed by atoms with Gasteiger partial charge in [0, 0.05) is 57.5 Å². The van der Waals surface area contributed by atoms with Gasteiger partial charge in [0.25, 0.3) is 0 Å². The van der Waals surface area contributed by atoms with Crippen molar-refractivity contribution in [2.45, 2.75) is 51.4 Å². The zero-order valence-corrected chi connectivity index (χ0v) is 15.3. The molecule has 26 heavy (non-hydrogen) atoms. The smallest absolute Gasteiger partial charge is 0.238 e. The van der Waals surface area contributed by atoms with Crippen LogP contribution in [0.1, 0.15) is 49.4 Å². The Morgan fingerprint density at radius 2 is 1.77 bits per heavy atom. The molecule has 0 bridgehead atoms. The zero-order chi connectivity index (χ0) is 18.1. The fraction of sp³-hybridized carbons (Fsp3) is 0.600. The molecule has 2 fully saturated rings. The predicted molar refractivity (Wildman–Crippen MR) is 96.5 cm³/mol. The zero-order valence-electron chi connectivity index (χ0n) is 15.3. The number of nitrogens with zero attached hydrogens (tertiary/aromatic N) is 2. The van der Waals surface area contributed by atoms with Crippen LogP contribution in [0, 0.1) is 0 Å². The number of carbonyl (C=O) groups is 2. The quantitative estimate of drug-likeness (QED) is 0.757. The van der Waals surface area contributed by atoms with Gasteiger partial charge in [-0.05, 0) is 31.0 Å². The Balaban J connectivity index is 1.25. The predicted octanol–water partition coefficient (Wildman–Crippen LogP) is 2.46. The maximum atomic E-state index is 12.4. The van der Waals surface area contributed by atoms with Crippen molar-refractivity contribution < 1.29 is 19.1 Å². The second-order valence-electron chi connectivity index (χ2n) is 7.39. The third-order valence-electron chi connectivity index (χ3n) is 5.68. The molecule has 0 radical (unpaired) electrons. The van der Waals surface area contributed by atoms with Crippen molar-refractivity contribution in [1.29, 1.82) is 0 Å². The van der Waals surface area contributed by atoms with Gasteiger partial charge in [-0.2, -0.15) is 0 Å². The van der Waals surface area contributed by atoms with E-state index in [0.29, 0.717) is 17.1 Å². The van der Waals surface area contributed by atoms with E-state index in [9.17, 15) is 9.59 Å². The van der Waals surface area contributed by atoms with E-state index in [4.69, 9.17) is 9.47 Å². The Bertz CT molecular complexity index is 693. The molecule has 1 saturated heterocycles. The summed E-state index contributed by atoms with van der Waals surface area (Å²) in [6.07, 6.45) is 4.12. The Kier molecular flexibility index (Phi) is 4.85. The van der Waals surface area contributed by atoms with Crippen LogP contribution in [0.4, 0.5) is 0 Å². The summed E-state index contributed by atoms with van der Waals surface area (Å²) in [5.74, 6) is 1.31. The number of ether oxygens (including phenoxy) is 2. The summed E-state index contributed by atoms with van der Waals surface area (Å²) in [5, 5.41) is 0. The van der Waals surface area contributed by atoms with Crippen molar-refractivity contribution in [1.82, 2.24) is 9.80 Å². The summed E-state index contributed by atoms with van der Waals surface area (Å²) in [7, 11) is 0. The van der Waals surface area contributed by atoms with Gasteiger partial charge in [0.2, 0.25) is 12.2 Å². The molecule has 0 spiro atoms. The van der Waals surface area contributed by atoms with Gasteiger partial charge in [0.1, 0.15) is 0 Å². The van der Waals surface area contributed by atoms with E-state index < -0.39 is 0 Å².